The molecule has 1 unspecified atom stereocenters. The maximum absolute atomic E-state index is 5.85. The summed E-state index contributed by atoms with van der Waals surface area (Å²) in [5, 5.41) is 4.26. The molecule has 0 radical (unpaired) electrons. The molecule has 2 rings (SSSR count). The van der Waals surface area contributed by atoms with Crippen molar-refractivity contribution in [2.45, 2.75) is 19.6 Å². The van der Waals surface area contributed by atoms with Gasteiger partial charge in [0.1, 0.15) is 6.61 Å². The van der Waals surface area contributed by atoms with Gasteiger partial charge in [0.2, 0.25) is 0 Å². The van der Waals surface area contributed by atoms with Gasteiger partial charge in [-0.1, -0.05) is 6.07 Å². The second-order valence-electron chi connectivity index (χ2n) is 4.47. The van der Waals surface area contributed by atoms with Gasteiger partial charge in [-0.2, -0.15) is 5.10 Å². The minimum Gasteiger partial charge on any atom is -0.493 e. The van der Waals surface area contributed by atoms with Crippen LogP contribution in [0.1, 0.15) is 24.2 Å². The van der Waals surface area contributed by atoms with E-state index in [1.54, 1.807) is 11.8 Å². The second kappa shape index (κ2) is 5.75. The molecule has 0 saturated heterocycles. The number of hydrogen-bond donors (Lipinski definition) is 1. The van der Waals surface area contributed by atoms with Crippen LogP contribution >= 0.6 is 0 Å². The van der Waals surface area contributed by atoms with Crippen LogP contribution in [-0.4, -0.2) is 16.9 Å². The smallest absolute Gasteiger partial charge is 0.161 e. The Kier molecular flexibility index (Phi) is 4.06. The first-order valence-electron chi connectivity index (χ1n) is 6.15. The first kappa shape index (κ1) is 13.4. The minimum absolute atomic E-state index is 0.0289. The van der Waals surface area contributed by atoms with Crippen molar-refractivity contribution in [1.29, 1.82) is 0 Å². The van der Waals surface area contributed by atoms with Crippen molar-refractivity contribution in [2.75, 3.05) is 7.11 Å². The number of rotatable bonds is 5. The van der Waals surface area contributed by atoms with E-state index in [9.17, 15) is 0 Å². The highest BCUT2D eigenvalue weighted by Gasteiger charge is 2.09. The Labute approximate surface area is 112 Å². The molecule has 0 aliphatic carbocycles. The van der Waals surface area contributed by atoms with Gasteiger partial charge < -0.3 is 15.2 Å². The van der Waals surface area contributed by atoms with E-state index in [4.69, 9.17) is 15.2 Å². The van der Waals surface area contributed by atoms with Crippen molar-refractivity contribution in [3.05, 3.63) is 41.7 Å². The van der Waals surface area contributed by atoms with Crippen LogP contribution in [-0.2, 0) is 13.7 Å². The number of nitrogens with zero attached hydrogens (tertiary/aromatic N) is 2. The van der Waals surface area contributed by atoms with E-state index in [1.807, 2.05) is 44.4 Å². The van der Waals surface area contributed by atoms with Gasteiger partial charge in [-0.15, -0.1) is 0 Å². The third-order valence-electron chi connectivity index (χ3n) is 2.86. The molecule has 5 heteroatoms. The summed E-state index contributed by atoms with van der Waals surface area (Å²) in [6.45, 7) is 2.35. The van der Waals surface area contributed by atoms with Crippen molar-refractivity contribution in [3.63, 3.8) is 0 Å². The van der Waals surface area contributed by atoms with Crippen molar-refractivity contribution in [1.82, 2.24) is 9.78 Å². The number of hydrogen-bond acceptors (Lipinski definition) is 4. The average molecular weight is 261 g/mol. The van der Waals surface area contributed by atoms with Gasteiger partial charge in [0.05, 0.1) is 12.8 Å². The van der Waals surface area contributed by atoms with Gasteiger partial charge in [0.25, 0.3) is 0 Å². The van der Waals surface area contributed by atoms with Crippen LogP contribution in [0.25, 0.3) is 0 Å². The largest absolute Gasteiger partial charge is 0.493 e. The number of methoxy groups -OCH3 is 1. The first-order valence-corrected chi connectivity index (χ1v) is 6.15. The molecule has 2 N–H and O–H groups in total. The van der Waals surface area contributed by atoms with Crippen LogP contribution in [0, 0.1) is 0 Å². The first-order chi connectivity index (χ1) is 9.10. The normalized spacial score (nSPS) is 12.2. The Morgan fingerprint density at radius 3 is 2.68 bits per heavy atom. The molecule has 0 saturated carbocycles. The molecule has 1 atom stereocenters. The Balaban J connectivity index is 2.11. The minimum atomic E-state index is -0.0289. The third kappa shape index (κ3) is 3.26. The maximum Gasteiger partial charge on any atom is 0.161 e. The fourth-order valence-electron chi connectivity index (χ4n) is 1.78. The van der Waals surface area contributed by atoms with Gasteiger partial charge in [-0.3, -0.25) is 4.68 Å². The van der Waals surface area contributed by atoms with Gasteiger partial charge in [0.15, 0.2) is 11.5 Å². The van der Waals surface area contributed by atoms with E-state index in [1.165, 1.54) is 0 Å². The lowest BCUT2D eigenvalue weighted by molar-refractivity contribution is 0.279. The number of aromatic nitrogens is 2. The summed E-state index contributed by atoms with van der Waals surface area (Å²) >= 11 is 0. The average Bonchev–Trinajstić information content (AvgIpc) is 2.81. The summed E-state index contributed by atoms with van der Waals surface area (Å²) in [6, 6.07) is 7.61. The molecule has 5 nitrogen and oxygen atoms in total. The third-order valence-corrected chi connectivity index (χ3v) is 2.86. The highest BCUT2D eigenvalue weighted by Crippen LogP contribution is 2.30. The standard InChI is InChI=1S/C14H19N3O2/c1-10(15)11-4-5-13(14(8-11)18-3)19-9-12-6-7-17(2)16-12/h4-8,10H,9,15H2,1-3H3. The topological polar surface area (TPSA) is 62.3 Å². The van der Waals surface area contributed by atoms with Crippen LogP contribution in [0.2, 0.25) is 0 Å². The predicted molar refractivity (Wildman–Crippen MR) is 73.1 cm³/mol. The molecule has 19 heavy (non-hydrogen) atoms. The molecule has 1 heterocycles. The molecule has 1 aromatic heterocycles. The van der Waals surface area contributed by atoms with Gasteiger partial charge in [-0.25, -0.2) is 0 Å². The number of benzene rings is 1. The number of aryl methyl sites for hydroxylation is 1. The van der Waals surface area contributed by atoms with E-state index in [0.717, 1.165) is 11.3 Å². The van der Waals surface area contributed by atoms with Crippen LogP contribution < -0.4 is 15.2 Å². The van der Waals surface area contributed by atoms with Gasteiger partial charge in [-0.05, 0) is 30.7 Å². The molecule has 0 aliphatic rings. The molecule has 2 aromatic rings. The Morgan fingerprint density at radius 1 is 1.32 bits per heavy atom. The lowest BCUT2D eigenvalue weighted by Crippen LogP contribution is -2.06. The molecule has 0 aliphatic heterocycles. The second-order valence-corrected chi connectivity index (χ2v) is 4.47. The molecule has 1 aromatic carbocycles. The van der Waals surface area contributed by atoms with Gasteiger partial charge >= 0.3 is 0 Å². The summed E-state index contributed by atoms with van der Waals surface area (Å²) in [4.78, 5) is 0. The van der Waals surface area contributed by atoms with E-state index in [0.29, 0.717) is 18.1 Å². The fraction of sp³-hybridized carbons (Fsp3) is 0.357. The molecule has 0 spiro atoms. The summed E-state index contributed by atoms with van der Waals surface area (Å²) in [6.07, 6.45) is 1.88. The SMILES string of the molecule is COc1cc(C(C)N)ccc1OCc1ccn(C)n1. The summed E-state index contributed by atoms with van der Waals surface area (Å²) < 4.78 is 12.8. The molecule has 0 bridgehead atoms. The zero-order valence-corrected chi connectivity index (χ0v) is 11.5. The summed E-state index contributed by atoms with van der Waals surface area (Å²) in [5.74, 6) is 1.38. The van der Waals surface area contributed by atoms with Crippen LogP contribution in [0.15, 0.2) is 30.5 Å². The van der Waals surface area contributed by atoms with Crippen LogP contribution in [0.3, 0.4) is 0 Å². The molecule has 102 valence electrons. The predicted octanol–water partition coefficient (Wildman–Crippen LogP) is 2.03. The lowest BCUT2D eigenvalue weighted by atomic mass is 10.1. The molecular weight excluding hydrogens is 242 g/mol. The Hall–Kier alpha value is -2.01. The quantitative estimate of drug-likeness (QED) is 0.894. The number of nitrogens with two attached hydrogens (primary N) is 1. The van der Waals surface area contributed by atoms with Crippen LogP contribution in [0.4, 0.5) is 0 Å². The zero-order valence-electron chi connectivity index (χ0n) is 11.5. The van der Waals surface area contributed by atoms with Crippen molar-refractivity contribution < 1.29 is 9.47 Å². The number of ether oxygens (including phenoxy) is 2. The fourth-order valence-corrected chi connectivity index (χ4v) is 1.78. The highest BCUT2D eigenvalue weighted by molar-refractivity contribution is 5.43. The molecular formula is C14H19N3O2. The van der Waals surface area contributed by atoms with Crippen molar-refractivity contribution >= 4 is 0 Å². The zero-order chi connectivity index (χ0) is 13.8. The van der Waals surface area contributed by atoms with E-state index < -0.39 is 0 Å². The van der Waals surface area contributed by atoms with Crippen molar-refractivity contribution in [3.8, 4) is 11.5 Å². The Morgan fingerprint density at radius 2 is 2.11 bits per heavy atom. The highest BCUT2D eigenvalue weighted by atomic mass is 16.5. The molecule has 0 fully saturated rings. The summed E-state index contributed by atoms with van der Waals surface area (Å²) in [5.41, 5.74) is 7.74. The maximum atomic E-state index is 5.85. The van der Waals surface area contributed by atoms with Crippen molar-refractivity contribution in [2.24, 2.45) is 12.8 Å². The van der Waals surface area contributed by atoms with Crippen LogP contribution in [0.5, 0.6) is 11.5 Å². The van der Waals surface area contributed by atoms with E-state index in [2.05, 4.69) is 5.10 Å². The monoisotopic (exact) mass is 261 g/mol. The van der Waals surface area contributed by atoms with E-state index >= 15 is 0 Å². The molecule has 0 amide bonds. The van der Waals surface area contributed by atoms with E-state index in [-0.39, 0.29) is 6.04 Å². The Bertz CT molecular complexity index is 549. The van der Waals surface area contributed by atoms with Gasteiger partial charge in [0, 0.05) is 19.3 Å². The summed E-state index contributed by atoms with van der Waals surface area (Å²) in [7, 11) is 3.50. The lowest BCUT2D eigenvalue weighted by Gasteiger charge is -2.13.